The Hall–Kier alpha value is -0.780. The SMILES string of the molecule is CCCC1CCC(C(C)(C)c2ccccc2)CC1. The summed E-state index contributed by atoms with van der Waals surface area (Å²) >= 11 is 0. The van der Waals surface area contributed by atoms with Gasteiger partial charge >= 0.3 is 0 Å². The van der Waals surface area contributed by atoms with Crippen molar-refractivity contribution in [3.63, 3.8) is 0 Å². The van der Waals surface area contributed by atoms with Crippen molar-refractivity contribution in [1.82, 2.24) is 0 Å². The van der Waals surface area contributed by atoms with Gasteiger partial charge in [-0.15, -0.1) is 0 Å². The minimum atomic E-state index is 0.346. The smallest absolute Gasteiger partial charge is 0.00753 e. The van der Waals surface area contributed by atoms with Crippen molar-refractivity contribution in [3.05, 3.63) is 35.9 Å². The monoisotopic (exact) mass is 244 g/mol. The molecule has 1 aliphatic rings. The van der Waals surface area contributed by atoms with Gasteiger partial charge in [0, 0.05) is 0 Å². The zero-order valence-corrected chi connectivity index (χ0v) is 12.3. The van der Waals surface area contributed by atoms with E-state index in [1.54, 1.807) is 0 Å². The van der Waals surface area contributed by atoms with Crippen molar-refractivity contribution >= 4 is 0 Å². The Kier molecular flexibility index (Phi) is 4.48. The predicted molar refractivity (Wildman–Crippen MR) is 79.8 cm³/mol. The van der Waals surface area contributed by atoms with Gasteiger partial charge < -0.3 is 0 Å². The second-order valence-corrected chi connectivity index (χ2v) is 6.59. The second-order valence-electron chi connectivity index (χ2n) is 6.59. The molecule has 0 unspecified atom stereocenters. The molecule has 0 atom stereocenters. The maximum Gasteiger partial charge on any atom is -0.00753 e. The van der Waals surface area contributed by atoms with Crippen LogP contribution in [0.25, 0.3) is 0 Å². The summed E-state index contributed by atoms with van der Waals surface area (Å²) in [6.07, 6.45) is 8.55. The van der Waals surface area contributed by atoms with Gasteiger partial charge in [0.2, 0.25) is 0 Å². The lowest BCUT2D eigenvalue weighted by molar-refractivity contribution is 0.188. The molecule has 1 aliphatic carbocycles. The van der Waals surface area contributed by atoms with Crippen LogP contribution in [0.1, 0.15) is 64.9 Å². The lowest BCUT2D eigenvalue weighted by Gasteiger charge is -2.40. The molecule has 1 aromatic carbocycles. The highest BCUT2D eigenvalue weighted by Gasteiger charge is 2.33. The third-order valence-electron chi connectivity index (χ3n) is 5.08. The summed E-state index contributed by atoms with van der Waals surface area (Å²) in [5, 5.41) is 0. The number of rotatable bonds is 4. The van der Waals surface area contributed by atoms with E-state index in [2.05, 4.69) is 51.1 Å². The van der Waals surface area contributed by atoms with Crippen LogP contribution in [-0.2, 0) is 5.41 Å². The predicted octanol–water partition coefficient (Wildman–Crippen LogP) is 5.57. The van der Waals surface area contributed by atoms with E-state index in [0.29, 0.717) is 5.41 Å². The lowest BCUT2D eigenvalue weighted by Crippen LogP contribution is -2.32. The standard InChI is InChI=1S/C18H28/c1-4-8-15-11-13-17(14-12-15)18(2,3)16-9-6-5-7-10-16/h5-7,9-10,15,17H,4,8,11-14H2,1-3H3. The molecule has 100 valence electrons. The molecule has 0 radical (unpaired) electrons. The summed E-state index contributed by atoms with van der Waals surface area (Å²) in [5.74, 6) is 1.88. The molecule has 2 rings (SSSR count). The van der Waals surface area contributed by atoms with E-state index in [0.717, 1.165) is 11.8 Å². The molecule has 0 bridgehead atoms. The summed E-state index contributed by atoms with van der Waals surface area (Å²) in [6.45, 7) is 7.19. The van der Waals surface area contributed by atoms with Crippen molar-refractivity contribution in [2.45, 2.75) is 64.7 Å². The van der Waals surface area contributed by atoms with E-state index >= 15 is 0 Å². The average molecular weight is 244 g/mol. The molecular formula is C18H28. The highest BCUT2D eigenvalue weighted by atomic mass is 14.4. The van der Waals surface area contributed by atoms with Crippen LogP contribution < -0.4 is 0 Å². The Labute approximate surface area is 113 Å². The fourth-order valence-electron chi connectivity index (χ4n) is 3.68. The third kappa shape index (κ3) is 2.96. The first-order chi connectivity index (χ1) is 8.64. The molecule has 1 fully saturated rings. The van der Waals surface area contributed by atoms with Crippen molar-refractivity contribution in [2.24, 2.45) is 11.8 Å². The van der Waals surface area contributed by atoms with Gasteiger partial charge in [-0.05, 0) is 35.7 Å². The van der Waals surface area contributed by atoms with Gasteiger partial charge in [-0.1, -0.05) is 76.8 Å². The summed E-state index contributed by atoms with van der Waals surface area (Å²) in [5.41, 5.74) is 1.86. The summed E-state index contributed by atoms with van der Waals surface area (Å²) in [4.78, 5) is 0. The van der Waals surface area contributed by atoms with Gasteiger partial charge in [-0.3, -0.25) is 0 Å². The molecule has 0 saturated heterocycles. The highest BCUT2D eigenvalue weighted by Crippen LogP contribution is 2.42. The van der Waals surface area contributed by atoms with Crippen LogP contribution in [0.2, 0.25) is 0 Å². The van der Waals surface area contributed by atoms with Gasteiger partial charge in [0.1, 0.15) is 0 Å². The van der Waals surface area contributed by atoms with Crippen LogP contribution in [0.5, 0.6) is 0 Å². The summed E-state index contributed by atoms with van der Waals surface area (Å²) in [7, 11) is 0. The van der Waals surface area contributed by atoms with Gasteiger partial charge in [-0.25, -0.2) is 0 Å². The normalized spacial score (nSPS) is 25.1. The molecule has 18 heavy (non-hydrogen) atoms. The van der Waals surface area contributed by atoms with E-state index < -0.39 is 0 Å². The minimum Gasteiger partial charge on any atom is -0.0654 e. The van der Waals surface area contributed by atoms with Crippen molar-refractivity contribution in [3.8, 4) is 0 Å². The fraction of sp³-hybridized carbons (Fsp3) is 0.667. The molecule has 0 nitrogen and oxygen atoms in total. The molecule has 0 aromatic heterocycles. The van der Waals surface area contributed by atoms with E-state index in [1.807, 2.05) is 0 Å². The average Bonchev–Trinajstić information content (AvgIpc) is 2.41. The van der Waals surface area contributed by atoms with Gasteiger partial charge in [-0.2, -0.15) is 0 Å². The van der Waals surface area contributed by atoms with Crippen LogP contribution >= 0.6 is 0 Å². The van der Waals surface area contributed by atoms with Crippen molar-refractivity contribution in [2.75, 3.05) is 0 Å². The molecule has 0 spiro atoms. The molecule has 0 heterocycles. The summed E-state index contributed by atoms with van der Waals surface area (Å²) in [6, 6.07) is 11.1. The highest BCUT2D eigenvalue weighted by molar-refractivity contribution is 5.24. The van der Waals surface area contributed by atoms with E-state index in [4.69, 9.17) is 0 Å². The zero-order chi connectivity index (χ0) is 13.0. The number of hydrogen-bond donors (Lipinski definition) is 0. The molecule has 0 N–H and O–H groups in total. The summed E-state index contributed by atoms with van der Waals surface area (Å²) < 4.78 is 0. The van der Waals surface area contributed by atoms with E-state index in [1.165, 1.54) is 44.1 Å². The van der Waals surface area contributed by atoms with E-state index in [-0.39, 0.29) is 0 Å². The van der Waals surface area contributed by atoms with Crippen LogP contribution in [0.15, 0.2) is 30.3 Å². The van der Waals surface area contributed by atoms with Crippen LogP contribution in [0.4, 0.5) is 0 Å². The van der Waals surface area contributed by atoms with Gasteiger partial charge in [0.05, 0.1) is 0 Å². The van der Waals surface area contributed by atoms with Crippen LogP contribution in [0.3, 0.4) is 0 Å². The second kappa shape index (κ2) is 5.91. The first kappa shape index (κ1) is 13.6. The topological polar surface area (TPSA) is 0 Å². The lowest BCUT2D eigenvalue weighted by atomic mass is 9.65. The first-order valence-electron chi connectivity index (χ1n) is 7.70. The fourth-order valence-corrected chi connectivity index (χ4v) is 3.68. The first-order valence-corrected chi connectivity index (χ1v) is 7.70. The number of hydrogen-bond acceptors (Lipinski definition) is 0. The largest absolute Gasteiger partial charge is 0.0654 e. The molecule has 1 saturated carbocycles. The Bertz CT molecular complexity index is 342. The van der Waals surface area contributed by atoms with E-state index in [9.17, 15) is 0 Å². The van der Waals surface area contributed by atoms with Crippen LogP contribution in [0, 0.1) is 11.8 Å². The Morgan fingerprint density at radius 2 is 1.61 bits per heavy atom. The quantitative estimate of drug-likeness (QED) is 0.649. The minimum absolute atomic E-state index is 0.346. The molecule has 1 aromatic rings. The molecular weight excluding hydrogens is 216 g/mol. The Morgan fingerprint density at radius 1 is 1.00 bits per heavy atom. The molecule has 0 amide bonds. The van der Waals surface area contributed by atoms with Gasteiger partial charge in [0.25, 0.3) is 0 Å². The maximum absolute atomic E-state index is 2.44. The van der Waals surface area contributed by atoms with Crippen molar-refractivity contribution in [1.29, 1.82) is 0 Å². The number of benzene rings is 1. The van der Waals surface area contributed by atoms with Crippen LogP contribution in [-0.4, -0.2) is 0 Å². The van der Waals surface area contributed by atoms with Crippen molar-refractivity contribution < 1.29 is 0 Å². The Balaban J connectivity index is 2.00. The molecule has 0 heteroatoms. The third-order valence-corrected chi connectivity index (χ3v) is 5.08. The molecule has 0 aliphatic heterocycles. The van der Waals surface area contributed by atoms with Gasteiger partial charge in [0.15, 0.2) is 0 Å². The Morgan fingerprint density at radius 3 is 2.17 bits per heavy atom. The maximum atomic E-state index is 2.44. The zero-order valence-electron chi connectivity index (χ0n) is 12.3.